The number of carboxylic acids is 1. The van der Waals surface area contributed by atoms with Gasteiger partial charge in [0.25, 0.3) is 0 Å². The highest BCUT2D eigenvalue weighted by atomic mass is 35.5. The SMILES string of the molecule is Cc1c(-c2ccccc2)cccc1C(C#N)C1(C(=O)O)C(C=C(Cl)C(F)(F)F)C1(C)C. The number of halogens is 4. The Kier molecular flexibility index (Phi) is 5.70. The third kappa shape index (κ3) is 3.51. The van der Waals surface area contributed by atoms with Crippen molar-refractivity contribution in [3.8, 4) is 17.2 Å². The van der Waals surface area contributed by atoms with Crippen LogP contribution in [0.1, 0.15) is 30.9 Å². The lowest BCUT2D eigenvalue weighted by Gasteiger charge is -2.24. The number of hydrogen-bond donors (Lipinski definition) is 1. The molecule has 1 aliphatic carbocycles. The lowest BCUT2D eigenvalue weighted by atomic mass is 9.76. The van der Waals surface area contributed by atoms with Crippen molar-refractivity contribution >= 4 is 17.6 Å². The molecule has 3 rings (SSSR count). The minimum absolute atomic E-state index is 0.485. The number of nitriles is 1. The van der Waals surface area contributed by atoms with Crippen LogP contribution < -0.4 is 0 Å². The molecule has 0 saturated heterocycles. The number of hydrogen-bond acceptors (Lipinski definition) is 2. The van der Waals surface area contributed by atoms with Gasteiger partial charge < -0.3 is 5.11 Å². The second kappa shape index (κ2) is 7.72. The molecule has 7 heteroatoms. The predicted molar refractivity (Wildman–Crippen MR) is 112 cm³/mol. The van der Waals surface area contributed by atoms with E-state index in [1.165, 1.54) is 0 Å². The molecular formula is C24H21ClF3NO2. The smallest absolute Gasteiger partial charge is 0.426 e. The third-order valence-corrected chi connectivity index (χ3v) is 6.88. The summed E-state index contributed by atoms with van der Waals surface area (Å²) in [6.45, 7) is 4.91. The lowest BCUT2D eigenvalue weighted by Crippen LogP contribution is -2.29. The van der Waals surface area contributed by atoms with Crippen LogP contribution in [0.4, 0.5) is 13.2 Å². The van der Waals surface area contributed by atoms with Crippen molar-refractivity contribution in [3.05, 3.63) is 70.8 Å². The van der Waals surface area contributed by atoms with E-state index >= 15 is 0 Å². The summed E-state index contributed by atoms with van der Waals surface area (Å²) in [5.74, 6) is -3.54. The Labute approximate surface area is 183 Å². The summed E-state index contributed by atoms with van der Waals surface area (Å²) < 4.78 is 39.1. The van der Waals surface area contributed by atoms with Gasteiger partial charge >= 0.3 is 12.1 Å². The Morgan fingerprint density at radius 1 is 1.19 bits per heavy atom. The number of allylic oxidation sites excluding steroid dienone is 2. The number of alkyl halides is 3. The summed E-state index contributed by atoms with van der Waals surface area (Å²) in [5, 5.41) is 18.8. The van der Waals surface area contributed by atoms with Crippen molar-refractivity contribution in [1.29, 1.82) is 5.26 Å². The van der Waals surface area contributed by atoms with Gasteiger partial charge in [0.05, 0.1) is 12.0 Å². The molecule has 3 nitrogen and oxygen atoms in total. The summed E-state index contributed by atoms with van der Waals surface area (Å²) in [6, 6.07) is 16.8. The molecule has 0 radical (unpaired) electrons. The third-order valence-electron chi connectivity index (χ3n) is 6.54. The van der Waals surface area contributed by atoms with Crippen molar-refractivity contribution < 1.29 is 23.1 Å². The van der Waals surface area contributed by atoms with Crippen molar-refractivity contribution in [3.63, 3.8) is 0 Å². The fourth-order valence-corrected chi connectivity index (χ4v) is 4.94. The van der Waals surface area contributed by atoms with Crippen LogP contribution in [-0.2, 0) is 4.79 Å². The molecule has 0 spiro atoms. The fraction of sp³-hybridized carbons (Fsp3) is 0.333. The summed E-state index contributed by atoms with van der Waals surface area (Å²) in [6.07, 6.45) is -4.04. The Morgan fingerprint density at radius 3 is 2.32 bits per heavy atom. The zero-order chi connectivity index (χ0) is 23.2. The van der Waals surface area contributed by atoms with Crippen LogP contribution in [0.3, 0.4) is 0 Å². The molecule has 2 aromatic rings. The molecule has 3 atom stereocenters. The highest BCUT2D eigenvalue weighted by Gasteiger charge is 2.78. The van der Waals surface area contributed by atoms with Crippen LogP contribution in [0.5, 0.6) is 0 Å². The first-order valence-corrected chi connectivity index (χ1v) is 10.0. The van der Waals surface area contributed by atoms with Gasteiger partial charge in [-0.15, -0.1) is 0 Å². The molecule has 1 saturated carbocycles. The largest absolute Gasteiger partial charge is 0.481 e. The van der Waals surface area contributed by atoms with Gasteiger partial charge in [-0.2, -0.15) is 18.4 Å². The van der Waals surface area contributed by atoms with E-state index in [-0.39, 0.29) is 0 Å². The van der Waals surface area contributed by atoms with E-state index in [1.807, 2.05) is 36.4 Å². The first-order valence-electron chi connectivity index (χ1n) is 9.63. The van der Waals surface area contributed by atoms with E-state index in [1.54, 1.807) is 32.9 Å². The molecular weight excluding hydrogens is 427 g/mol. The highest BCUT2D eigenvalue weighted by Crippen LogP contribution is 2.75. The van der Waals surface area contributed by atoms with Crippen LogP contribution in [0, 0.1) is 35.0 Å². The second-order valence-corrected chi connectivity index (χ2v) is 8.74. The predicted octanol–water partition coefficient (Wildman–Crippen LogP) is 6.68. The first kappa shape index (κ1) is 22.9. The molecule has 0 bridgehead atoms. The van der Waals surface area contributed by atoms with Crippen molar-refractivity contribution in [1.82, 2.24) is 0 Å². The van der Waals surface area contributed by atoms with Gasteiger partial charge in [-0.3, -0.25) is 4.79 Å². The lowest BCUT2D eigenvalue weighted by molar-refractivity contribution is -0.145. The Bertz CT molecular complexity index is 1090. The minimum Gasteiger partial charge on any atom is -0.481 e. The molecule has 0 heterocycles. The average molecular weight is 448 g/mol. The maximum Gasteiger partial charge on any atom is 0.426 e. The van der Waals surface area contributed by atoms with Crippen LogP contribution in [0.2, 0.25) is 0 Å². The van der Waals surface area contributed by atoms with Crippen LogP contribution >= 0.6 is 11.6 Å². The number of aliphatic carboxylic acids is 1. The molecule has 0 aromatic heterocycles. The topological polar surface area (TPSA) is 61.1 Å². The number of benzene rings is 2. The molecule has 0 amide bonds. The molecule has 1 N–H and O–H groups in total. The second-order valence-electron chi connectivity index (χ2n) is 8.33. The minimum atomic E-state index is -4.78. The van der Waals surface area contributed by atoms with Crippen LogP contribution in [0.25, 0.3) is 11.1 Å². The first-order chi connectivity index (χ1) is 14.4. The van der Waals surface area contributed by atoms with Crippen LogP contribution in [-0.4, -0.2) is 17.3 Å². The monoisotopic (exact) mass is 447 g/mol. The van der Waals surface area contributed by atoms with E-state index in [4.69, 9.17) is 11.6 Å². The molecule has 0 aliphatic heterocycles. The van der Waals surface area contributed by atoms with Gasteiger partial charge in [-0.05, 0) is 34.6 Å². The number of carbonyl (C=O) groups is 1. The zero-order valence-corrected chi connectivity index (χ0v) is 17.9. The number of rotatable bonds is 5. The van der Waals surface area contributed by atoms with E-state index < -0.39 is 39.8 Å². The number of nitrogens with zero attached hydrogens (tertiary/aromatic N) is 1. The Morgan fingerprint density at radius 2 is 1.81 bits per heavy atom. The van der Waals surface area contributed by atoms with Crippen molar-refractivity contribution in [2.45, 2.75) is 32.9 Å². The molecule has 162 valence electrons. The summed E-state index contributed by atoms with van der Waals surface area (Å²) in [4.78, 5) is 12.5. The van der Waals surface area contributed by atoms with Crippen molar-refractivity contribution in [2.24, 2.45) is 16.7 Å². The van der Waals surface area contributed by atoms with Gasteiger partial charge in [-0.25, -0.2) is 0 Å². The standard InChI is InChI=1S/C24H21ClF3NO2/c1-14-16(15-8-5-4-6-9-15)10-7-11-17(14)18(13-29)23(21(30)31)19(22(23,2)3)12-20(25)24(26,27)28/h4-12,18-19H,1-3H3,(H,30,31). The van der Waals surface area contributed by atoms with Crippen LogP contribution in [0.15, 0.2) is 59.6 Å². The molecule has 1 fully saturated rings. The molecule has 2 aromatic carbocycles. The van der Waals surface area contributed by atoms with Gasteiger partial charge in [0.2, 0.25) is 0 Å². The summed E-state index contributed by atoms with van der Waals surface area (Å²) in [5.41, 5.74) is 0.0754. The summed E-state index contributed by atoms with van der Waals surface area (Å²) in [7, 11) is 0. The highest BCUT2D eigenvalue weighted by molar-refractivity contribution is 6.30. The fourth-order valence-electron chi connectivity index (χ4n) is 4.82. The van der Waals surface area contributed by atoms with Gasteiger partial charge in [0.15, 0.2) is 0 Å². The van der Waals surface area contributed by atoms with E-state index in [0.29, 0.717) is 11.1 Å². The van der Waals surface area contributed by atoms with Gasteiger partial charge in [-0.1, -0.05) is 80.1 Å². The molecule has 1 aliphatic rings. The van der Waals surface area contributed by atoms with Gasteiger partial charge in [0.1, 0.15) is 10.4 Å². The van der Waals surface area contributed by atoms with Crippen molar-refractivity contribution in [2.75, 3.05) is 0 Å². The quantitative estimate of drug-likeness (QED) is 0.556. The van der Waals surface area contributed by atoms with E-state index in [0.717, 1.165) is 17.2 Å². The Hall–Kier alpha value is -2.78. The molecule has 31 heavy (non-hydrogen) atoms. The maximum atomic E-state index is 13.0. The Balaban J connectivity index is 2.17. The zero-order valence-electron chi connectivity index (χ0n) is 17.2. The van der Waals surface area contributed by atoms with Gasteiger partial charge in [0, 0.05) is 5.92 Å². The summed E-state index contributed by atoms with van der Waals surface area (Å²) >= 11 is 5.44. The van der Waals surface area contributed by atoms with E-state index in [9.17, 15) is 28.3 Å². The normalized spacial score (nSPS) is 23.7. The molecule has 3 unspecified atom stereocenters. The maximum absolute atomic E-state index is 13.0. The number of carboxylic acid groups (broad SMARTS) is 1. The average Bonchev–Trinajstić information content (AvgIpc) is 3.19. The van der Waals surface area contributed by atoms with E-state index in [2.05, 4.69) is 6.07 Å².